The number of anilines is 1. The predicted molar refractivity (Wildman–Crippen MR) is 62.8 cm³/mol. The molecule has 1 heterocycles. The van der Waals surface area contributed by atoms with Gasteiger partial charge < -0.3 is 9.84 Å². The molecular formula is C11H9ClF3N3O. The van der Waals surface area contributed by atoms with E-state index in [2.05, 4.69) is 15.5 Å². The number of alkyl halides is 3. The molecule has 2 aromatic rings. The molecule has 19 heavy (non-hydrogen) atoms. The summed E-state index contributed by atoms with van der Waals surface area (Å²) in [5, 5.41) is 6.78. The molecule has 0 atom stereocenters. The molecule has 8 heteroatoms. The molecule has 0 aliphatic carbocycles. The molecular weight excluding hydrogens is 283 g/mol. The maximum Gasteiger partial charge on any atom is 0.396 e. The van der Waals surface area contributed by atoms with Crippen molar-refractivity contribution in [2.75, 3.05) is 5.32 Å². The van der Waals surface area contributed by atoms with Crippen molar-refractivity contribution in [3.05, 3.63) is 41.0 Å². The third-order valence-corrected chi connectivity index (χ3v) is 2.41. The zero-order valence-electron chi connectivity index (χ0n) is 9.54. The fraction of sp³-hybridized carbons (Fsp3) is 0.273. The zero-order valence-corrected chi connectivity index (χ0v) is 10.3. The van der Waals surface area contributed by atoms with E-state index in [1.165, 1.54) is 0 Å². The van der Waals surface area contributed by atoms with E-state index in [9.17, 15) is 13.2 Å². The van der Waals surface area contributed by atoms with Crippen molar-refractivity contribution in [1.82, 2.24) is 10.1 Å². The minimum absolute atomic E-state index is 0.0919. The van der Waals surface area contributed by atoms with E-state index in [0.29, 0.717) is 5.02 Å². The summed E-state index contributed by atoms with van der Waals surface area (Å²) in [6, 6.07) is 6.84. The monoisotopic (exact) mass is 291 g/mol. The first-order chi connectivity index (χ1) is 8.92. The molecule has 0 saturated heterocycles. The van der Waals surface area contributed by atoms with E-state index in [1.54, 1.807) is 24.3 Å². The van der Waals surface area contributed by atoms with E-state index < -0.39 is 12.6 Å². The van der Waals surface area contributed by atoms with Gasteiger partial charge >= 0.3 is 6.18 Å². The van der Waals surface area contributed by atoms with Gasteiger partial charge in [0.25, 0.3) is 0 Å². The normalized spacial score (nSPS) is 11.6. The fourth-order valence-electron chi connectivity index (χ4n) is 1.36. The van der Waals surface area contributed by atoms with Crippen molar-refractivity contribution in [2.45, 2.75) is 19.1 Å². The lowest BCUT2D eigenvalue weighted by molar-refractivity contribution is -0.128. The Morgan fingerprint density at radius 2 is 1.89 bits per heavy atom. The lowest BCUT2D eigenvalue weighted by Crippen LogP contribution is -2.12. The highest BCUT2D eigenvalue weighted by Gasteiger charge is 2.30. The first-order valence-electron chi connectivity index (χ1n) is 5.30. The highest BCUT2D eigenvalue weighted by atomic mass is 35.5. The molecule has 4 nitrogen and oxygen atoms in total. The molecule has 0 saturated carbocycles. The molecule has 1 aromatic carbocycles. The maximum atomic E-state index is 12.1. The second-order valence-corrected chi connectivity index (χ2v) is 4.19. The highest BCUT2D eigenvalue weighted by Crippen LogP contribution is 2.19. The second kappa shape index (κ2) is 5.48. The molecule has 1 aromatic heterocycles. The Balaban J connectivity index is 1.91. The van der Waals surface area contributed by atoms with Gasteiger partial charge in [-0.3, -0.25) is 0 Å². The van der Waals surface area contributed by atoms with Crippen molar-refractivity contribution >= 4 is 17.3 Å². The smallest absolute Gasteiger partial charge is 0.376 e. The molecule has 0 spiro atoms. The lowest BCUT2D eigenvalue weighted by Gasteiger charge is -2.02. The van der Waals surface area contributed by atoms with Crippen LogP contribution in [0, 0.1) is 0 Å². The Kier molecular flexibility index (Phi) is 3.94. The summed E-state index contributed by atoms with van der Waals surface area (Å²) in [5.41, 5.74) is 0.750. The van der Waals surface area contributed by atoms with Crippen LogP contribution in [0.5, 0.6) is 0 Å². The van der Waals surface area contributed by atoms with Crippen LogP contribution in [-0.4, -0.2) is 16.3 Å². The average Bonchev–Trinajstić information content (AvgIpc) is 2.73. The molecule has 2 rings (SSSR count). The number of rotatable bonds is 4. The van der Waals surface area contributed by atoms with Gasteiger partial charge in [0.1, 0.15) is 6.42 Å². The minimum Gasteiger partial charge on any atom is -0.376 e. The van der Waals surface area contributed by atoms with Crippen LogP contribution in [0.2, 0.25) is 5.02 Å². The van der Waals surface area contributed by atoms with Gasteiger partial charge in [0, 0.05) is 10.7 Å². The van der Waals surface area contributed by atoms with Crippen molar-refractivity contribution < 1.29 is 17.7 Å². The molecule has 1 N–H and O–H groups in total. The SMILES string of the molecule is FC(F)(F)Cc1noc(CNc2ccc(Cl)cc2)n1. The zero-order chi connectivity index (χ0) is 13.9. The number of halogens is 4. The number of aromatic nitrogens is 2. The maximum absolute atomic E-state index is 12.1. The van der Waals surface area contributed by atoms with Gasteiger partial charge in [-0.25, -0.2) is 0 Å². The summed E-state index contributed by atoms with van der Waals surface area (Å²) in [6.45, 7) is 0.145. The summed E-state index contributed by atoms with van der Waals surface area (Å²) >= 11 is 5.72. The number of nitrogens with one attached hydrogen (secondary N) is 1. The quantitative estimate of drug-likeness (QED) is 0.937. The Labute approximate surface area is 111 Å². The predicted octanol–water partition coefficient (Wildman–Crippen LogP) is 3.44. The van der Waals surface area contributed by atoms with Crippen LogP contribution in [0.1, 0.15) is 11.7 Å². The Bertz CT molecular complexity index is 539. The van der Waals surface area contributed by atoms with E-state index in [4.69, 9.17) is 16.1 Å². The molecule has 0 bridgehead atoms. The van der Waals surface area contributed by atoms with Crippen molar-refractivity contribution in [2.24, 2.45) is 0 Å². The van der Waals surface area contributed by atoms with E-state index in [-0.39, 0.29) is 18.3 Å². The van der Waals surface area contributed by atoms with E-state index >= 15 is 0 Å². The number of nitrogens with zero attached hydrogens (tertiary/aromatic N) is 2. The van der Waals surface area contributed by atoms with Gasteiger partial charge in [-0.1, -0.05) is 16.8 Å². The summed E-state index contributed by atoms with van der Waals surface area (Å²) in [7, 11) is 0. The first-order valence-corrected chi connectivity index (χ1v) is 5.68. The minimum atomic E-state index is -4.34. The van der Waals surface area contributed by atoms with Crippen LogP contribution in [0.3, 0.4) is 0 Å². The number of hydrogen-bond donors (Lipinski definition) is 1. The van der Waals surface area contributed by atoms with Crippen LogP contribution in [0.15, 0.2) is 28.8 Å². The molecule has 0 aliphatic rings. The van der Waals surface area contributed by atoms with Crippen LogP contribution in [-0.2, 0) is 13.0 Å². The molecule has 0 amide bonds. The van der Waals surface area contributed by atoms with Gasteiger partial charge in [0.15, 0.2) is 5.82 Å². The van der Waals surface area contributed by atoms with E-state index in [0.717, 1.165) is 5.69 Å². The largest absolute Gasteiger partial charge is 0.396 e. The van der Waals surface area contributed by atoms with Crippen molar-refractivity contribution in [1.29, 1.82) is 0 Å². The standard InChI is InChI=1S/C11H9ClF3N3O/c12-7-1-3-8(4-2-7)16-6-10-17-9(18-19-10)5-11(13,14)15/h1-4,16H,5-6H2. The van der Waals surface area contributed by atoms with Gasteiger partial charge in [-0.05, 0) is 24.3 Å². The highest BCUT2D eigenvalue weighted by molar-refractivity contribution is 6.30. The van der Waals surface area contributed by atoms with Gasteiger partial charge in [0.2, 0.25) is 5.89 Å². The summed E-state index contributed by atoms with van der Waals surface area (Å²) in [4.78, 5) is 3.64. The molecule has 0 unspecified atom stereocenters. The fourth-order valence-corrected chi connectivity index (χ4v) is 1.48. The number of hydrogen-bond acceptors (Lipinski definition) is 4. The number of benzene rings is 1. The lowest BCUT2D eigenvalue weighted by atomic mass is 10.3. The van der Waals surface area contributed by atoms with Crippen LogP contribution < -0.4 is 5.32 Å². The Morgan fingerprint density at radius 1 is 1.21 bits per heavy atom. The molecule has 0 fully saturated rings. The van der Waals surface area contributed by atoms with Gasteiger partial charge in [-0.2, -0.15) is 18.2 Å². The third kappa shape index (κ3) is 4.44. The van der Waals surface area contributed by atoms with Gasteiger partial charge in [0.05, 0.1) is 6.54 Å². The molecule has 102 valence electrons. The Morgan fingerprint density at radius 3 is 2.53 bits per heavy atom. The second-order valence-electron chi connectivity index (χ2n) is 3.76. The summed E-state index contributed by atoms with van der Waals surface area (Å²) < 4.78 is 41.0. The molecule has 0 aliphatic heterocycles. The topological polar surface area (TPSA) is 51.0 Å². The van der Waals surface area contributed by atoms with Crippen LogP contribution >= 0.6 is 11.6 Å². The first kappa shape index (κ1) is 13.7. The van der Waals surface area contributed by atoms with Crippen LogP contribution in [0.25, 0.3) is 0 Å². The average molecular weight is 292 g/mol. The molecule has 0 radical (unpaired) electrons. The van der Waals surface area contributed by atoms with Crippen molar-refractivity contribution in [3.8, 4) is 0 Å². The summed E-state index contributed by atoms with van der Waals surface area (Å²) in [6.07, 6.45) is -5.54. The Hall–Kier alpha value is -1.76. The van der Waals surface area contributed by atoms with E-state index in [1.807, 2.05) is 0 Å². The van der Waals surface area contributed by atoms with Crippen LogP contribution in [0.4, 0.5) is 18.9 Å². The van der Waals surface area contributed by atoms with Crippen molar-refractivity contribution in [3.63, 3.8) is 0 Å². The summed E-state index contributed by atoms with van der Waals surface area (Å²) in [5.74, 6) is -0.283. The van der Waals surface area contributed by atoms with Gasteiger partial charge in [-0.15, -0.1) is 0 Å². The third-order valence-electron chi connectivity index (χ3n) is 2.16.